The number of hydrogen-bond donors (Lipinski definition) is 1. The lowest BCUT2D eigenvalue weighted by Gasteiger charge is -2.06. The van der Waals surface area contributed by atoms with E-state index in [4.69, 9.17) is 0 Å². The third kappa shape index (κ3) is 2.61. The molecule has 0 saturated carbocycles. The molecule has 0 saturated heterocycles. The zero-order valence-corrected chi connectivity index (χ0v) is 7.98. The summed E-state index contributed by atoms with van der Waals surface area (Å²) in [5.41, 5.74) is 0.984. The fourth-order valence-electron chi connectivity index (χ4n) is 0.758. The van der Waals surface area contributed by atoms with Gasteiger partial charge in [-0.25, -0.2) is 0 Å². The Morgan fingerprint density at radius 3 is 3.17 bits per heavy atom. The van der Waals surface area contributed by atoms with Crippen molar-refractivity contribution < 1.29 is 0 Å². The van der Waals surface area contributed by atoms with Gasteiger partial charge in [0, 0.05) is 5.38 Å². The predicted molar refractivity (Wildman–Crippen MR) is 49.8 cm³/mol. The average Bonchev–Trinajstić information content (AvgIpc) is 2.56. The molecule has 1 aromatic rings. The Hall–Kier alpha value is -0.920. The van der Waals surface area contributed by atoms with Crippen molar-refractivity contribution in [2.24, 2.45) is 0 Å². The van der Waals surface area contributed by atoms with Gasteiger partial charge in [-0.1, -0.05) is 10.4 Å². The van der Waals surface area contributed by atoms with E-state index in [0.717, 1.165) is 5.69 Å². The molecule has 1 atom stereocenters. The second kappa shape index (κ2) is 4.86. The van der Waals surface area contributed by atoms with Crippen molar-refractivity contribution >= 4 is 11.5 Å². The van der Waals surface area contributed by atoms with E-state index in [-0.39, 0.29) is 6.04 Å². The predicted octanol–water partition coefficient (Wildman–Crippen LogP) is 1.21. The highest BCUT2D eigenvalue weighted by Gasteiger charge is 2.05. The zero-order valence-electron chi connectivity index (χ0n) is 7.16. The van der Waals surface area contributed by atoms with Crippen molar-refractivity contribution in [1.82, 2.24) is 14.9 Å². The molecule has 0 fully saturated rings. The van der Waals surface area contributed by atoms with Gasteiger partial charge >= 0.3 is 0 Å². The molecule has 1 heterocycles. The average molecular weight is 181 g/mol. The number of nitrogens with one attached hydrogen (secondary N) is 1. The first-order valence-corrected chi connectivity index (χ1v) is 4.58. The fraction of sp³-hybridized carbons (Fsp3) is 0.500. The lowest BCUT2D eigenvalue weighted by Crippen LogP contribution is -2.18. The molecule has 3 nitrogen and oxygen atoms in total. The molecule has 4 heteroatoms. The summed E-state index contributed by atoms with van der Waals surface area (Å²) in [6.45, 7) is 4.58. The second-order valence-electron chi connectivity index (χ2n) is 2.36. The standard InChI is InChI=1S/C8H11N3S/c1-3-4-5-9-7(2)8-6-12-11-10-8/h6-7,9H,5H2,1-2H3. The highest BCUT2D eigenvalue weighted by molar-refractivity contribution is 7.03. The first kappa shape index (κ1) is 9.17. The molecule has 1 N–H and O–H groups in total. The molecule has 12 heavy (non-hydrogen) atoms. The van der Waals surface area contributed by atoms with Crippen LogP contribution in [0, 0.1) is 11.8 Å². The van der Waals surface area contributed by atoms with E-state index < -0.39 is 0 Å². The van der Waals surface area contributed by atoms with Gasteiger partial charge in [0.05, 0.1) is 18.3 Å². The zero-order chi connectivity index (χ0) is 8.81. The highest BCUT2D eigenvalue weighted by atomic mass is 32.1. The van der Waals surface area contributed by atoms with Gasteiger partial charge in [-0.15, -0.1) is 11.0 Å². The van der Waals surface area contributed by atoms with E-state index >= 15 is 0 Å². The Labute approximate surface area is 76.4 Å². The van der Waals surface area contributed by atoms with Gasteiger partial charge in [-0.3, -0.25) is 5.32 Å². The molecule has 0 spiro atoms. The van der Waals surface area contributed by atoms with Crippen LogP contribution >= 0.6 is 11.5 Å². The molecular formula is C8H11N3S. The Bertz CT molecular complexity index is 270. The summed E-state index contributed by atoms with van der Waals surface area (Å²) in [7, 11) is 0. The Morgan fingerprint density at radius 2 is 2.58 bits per heavy atom. The maximum Gasteiger partial charge on any atom is 0.0922 e. The summed E-state index contributed by atoms with van der Waals surface area (Å²) in [5.74, 6) is 5.76. The molecule has 0 aromatic carbocycles. The van der Waals surface area contributed by atoms with Gasteiger partial charge in [0.1, 0.15) is 0 Å². The first-order chi connectivity index (χ1) is 5.84. The summed E-state index contributed by atoms with van der Waals surface area (Å²) in [5, 5.41) is 9.11. The maximum absolute atomic E-state index is 3.95. The fourth-order valence-corrected chi connectivity index (χ4v) is 1.31. The van der Waals surface area contributed by atoms with Crippen LogP contribution < -0.4 is 5.32 Å². The van der Waals surface area contributed by atoms with Crippen LogP contribution in [0.3, 0.4) is 0 Å². The number of aromatic nitrogens is 2. The topological polar surface area (TPSA) is 37.8 Å². The third-order valence-corrected chi connectivity index (χ3v) is 2.02. The summed E-state index contributed by atoms with van der Waals surface area (Å²) in [6, 6.07) is 0.240. The van der Waals surface area contributed by atoms with Gasteiger partial charge in [0.2, 0.25) is 0 Å². The van der Waals surface area contributed by atoms with Crippen molar-refractivity contribution in [2.75, 3.05) is 6.54 Å². The Balaban J connectivity index is 2.37. The molecule has 1 unspecified atom stereocenters. The molecule has 0 aliphatic carbocycles. The molecule has 1 rings (SSSR count). The summed E-state index contributed by atoms with van der Waals surface area (Å²) in [4.78, 5) is 0. The summed E-state index contributed by atoms with van der Waals surface area (Å²) in [6.07, 6.45) is 0. The molecule has 0 radical (unpaired) electrons. The van der Waals surface area contributed by atoms with E-state index in [9.17, 15) is 0 Å². The Kier molecular flexibility index (Phi) is 3.71. The van der Waals surface area contributed by atoms with Crippen LogP contribution in [0.4, 0.5) is 0 Å². The molecule has 1 aromatic heterocycles. The van der Waals surface area contributed by atoms with Crippen molar-refractivity contribution in [3.05, 3.63) is 11.1 Å². The van der Waals surface area contributed by atoms with E-state index in [0.29, 0.717) is 6.54 Å². The molecule has 0 bridgehead atoms. The number of rotatable bonds is 3. The van der Waals surface area contributed by atoms with E-state index in [1.807, 2.05) is 19.2 Å². The van der Waals surface area contributed by atoms with E-state index in [1.54, 1.807) is 0 Å². The minimum Gasteiger partial charge on any atom is -0.298 e. The van der Waals surface area contributed by atoms with Crippen LogP contribution in [0.2, 0.25) is 0 Å². The van der Waals surface area contributed by atoms with Gasteiger partial charge in [0.15, 0.2) is 0 Å². The lowest BCUT2D eigenvalue weighted by atomic mass is 10.3. The SMILES string of the molecule is CC#CCNC(C)c1csnn1. The van der Waals surface area contributed by atoms with E-state index in [1.165, 1.54) is 11.5 Å². The molecule has 0 aliphatic heterocycles. The molecular weight excluding hydrogens is 170 g/mol. The van der Waals surface area contributed by atoms with Gasteiger partial charge in [-0.05, 0) is 25.4 Å². The third-order valence-electron chi connectivity index (χ3n) is 1.49. The van der Waals surface area contributed by atoms with Crippen LogP contribution in [0.25, 0.3) is 0 Å². The second-order valence-corrected chi connectivity index (χ2v) is 2.97. The molecule has 0 aliphatic rings. The number of hydrogen-bond acceptors (Lipinski definition) is 4. The van der Waals surface area contributed by atoms with Crippen LogP contribution in [0.5, 0.6) is 0 Å². The monoisotopic (exact) mass is 181 g/mol. The van der Waals surface area contributed by atoms with Gasteiger partial charge < -0.3 is 0 Å². The minimum absolute atomic E-state index is 0.240. The van der Waals surface area contributed by atoms with Gasteiger partial charge in [0.25, 0.3) is 0 Å². The van der Waals surface area contributed by atoms with E-state index in [2.05, 4.69) is 26.7 Å². The van der Waals surface area contributed by atoms with Crippen molar-refractivity contribution in [2.45, 2.75) is 19.9 Å². The van der Waals surface area contributed by atoms with Crippen LogP contribution in [0.1, 0.15) is 25.6 Å². The molecule has 64 valence electrons. The highest BCUT2D eigenvalue weighted by Crippen LogP contribution is 2.08. The first-order valence-electron chi connectivity index (χ1n) is 3.74. The Morgan fingerprint density at radius 1 is 1.75 bits per heavy atom. The number of nitrogens with zero attached hydrogens (tertiary/aromatic N) is 2. The largest absolute Gasteiger partial charge is 0.298 e. The van der Waals surface area contributed by atoms with Crippen LogP contribution in [-0.2, 0) is 0 Å². The van der Waals surface area contributed by atoms with Gasteiger partial charge in [-0.2, -0.15) is 0 Å². The van der Waals surface area contributed by atoms with Crippen molar-refractivity contribution in [1.29, 1.82) is 0 Å². The van der Waals surface area contributed by atoms with Crippen LogP contribution in [0.15, 0.2) is 5.38 Å². The summed E-state index contributed by atoms with van der Waals surface area (Å²) >= 11 is 1.37. The van der Waals surface area contributed by atoms with Crippen molar-refractivity contribution in [3.63, 3.8) is 0 Å². The maximum atomic E-state index is 3.95. The normalized spacial score (nSPS) is 11.8. The molecule has 0 amide bonds. The van der Waals surface area contributed by atoms with Crippen LogP contribution in [-0.4, -0.2) is 16.1 Å². The quantitative estimate of drug-likeness (QED) is 0.712. The lowest BCUT2D eigenvalue weighted by molar-refractivity contribution is 0.604. The summed E-state index contributed by atoms with van der Waals surface area (Å²) < 4.78 is 3.79. The smallest absolute Gasteiger partial charge is 0.0922 e. The minimum atomic E-state index is 0.240. The van der Waals surface area contributed by atoms with Crippen molar-refractivity contribution in [3.8, 4) is 11.8 Å².